The molecule has 5 heteroatoms. The summed E-state index contributed by atoms with van der Waals surface area (Å²) >= 11 is 0. The van der Waals surface area contributed by atoms with Crippen molar-refractivity contribution in [2.24, 2.45) is 0 Å². The van der Waals surface area contributed by atoms with Crippen molar-refractivity contribution in [2.75, 3.05) is 32.7 Å². The van der Waals surface area contributed by atoms with Gasteiger partial charge in [0, 0.05) is 19.4 Å². The molecule has 1 N–H and O–H groups in total. The molecule has 1 atom stereocenters. The second kappa shape index (κ2) is 18.3. The zero-order chi connectivity index (χ0) is 23.6. The second-order valence-corrected chi connectivity index (χ2v) is 10.6. The Kier molecular flexibility index (Phi) is 15.6. The third-order valence-electron chi connectivity index (χ3n) is 7.45. The Morgan fingerprint density at radius 3 is 1.97 bits per heavy atom. The molecule has 0 spiro atoms. The van der Waals surface area contributed by atoms with E-state index in [4.69, 9.17) is 4.74 Å². The van der Waals surface area contributed by atoms with Crippen molar-refractivity contribution in [1.29, 1.82) is 0 Å². The van der Waals surface area contributed by atoms with Gasteiger partial charge >= 0.3 is 5.97 Å². The van der Waals surface area contributed by atoms with Crippen LogP contribution in [-0.2, 0) is 14.3 Å². The fraction of sp³-hybridized carbons (Fsp3) is 0.929. The number of nitrogens with zero attached hydrogens (tertiary/aromatic N) is 1. The summed E-state index contributed by atoms with van der Waals surface area (Å²) in [5.74, 6) is 0.160. The number of esters is 1. The zero-order valence-corrected chi connectivity index (χ0v) is 21.7. The molecule has 0 aromatic heterocycles. The number of quaternary nitrogens is 1. The van der Waals surface area contributed by atoms with E-state index in [2.05, 4.69) is 6.92 Å². The lowest BCUT2D eigenvalue weighted by molar-refractivity contribution is -0.907. The van der Waals surface area contributed by atoms with E-state index in [0.29, 0.717) is 19.4 Å². The molecule has 0 radical (unpaired) electrons. The van der Waals surface area contributed by atoms with Crippen LogP contribution >= 0.6 is 0 Å². The van der Waals surface area contributed by atoms with Gasteiger partial charge < -0.3 is 14.5 Å². The van der Waals surface area contributed by atoms with Crippen LogP contribution in [0.3, 0.4) is 0 Å². The predicted octanol–water partition coefficient (Wildman–Crippen LogP) is 5.07. The number of unbranched alkanes of at least 4 members (excludes halogenated alkanes) is 12. The molecule has 0 aromatic rings. The van der Waals surface area contributed by atoms with Gasteiger partial charge in [-0.2, -0.15) is 0 Å². The maximum atomic E-state index is 12.5. The van der Waals surface area contributed by atoms with Gasteiger partial charge in [-0.15, -0.1) is 0 Å². The lowest BCUT2D eigenvalue weighted by atomic mass is 10.0. The van der Waals surface area contributed by atoms with E-state index in [0.717, 1.165) is 32.4 Å². The van der Waals surface area contributed by atoms with E-state index < -0.39 is 0 Å². The van der Waals surface area contributed by atoms with Crippen LogP contribution in [0.25, 0.3) is 0 Å². The first kappa shape index (κ1) is 28.1. The Morgan fingerprint density at radius 1 is 0.848 bits per heavy atom. The van der Waals surface area contributed by atoms with Crippen LogP contribution < -0.4 is 4.90 Å². The molecule has 2 heterocycles. The maximum absolute atomic E-state index is 12.5. The Balaban J connectivity index is 1.52. The summed E-state index contributed by atoms with van der Waals surface area (Å²) in [7, 11) is 0. The average molecular weight is 466 g/mol. The molecule has 2 rings (SSSR count). The highest BCUT2D eigenvalue weighted by Crippen LogP contribution is 2.14. The predicted molar refractivity (Wildman–Crippen MR) is 135 cm³/mol. The van der Waals surface area contributed by atoms with Gasteiger partial charge in [0.1, 0.15) is 6.54 Å². The number of piperidine rings is 1. The van der Waals surface area contributed by atoms with Gasteiger partial charge in [-0.25, -0.2) is 0 Å². The smallest absolute Gasteiger partial charge is 0.306 e. The number of nitrogens with one attached hydrogen (secondary N) is 1. The highest BCUT2D eigenvalue weighted by atomic mass is 16.5. The van der Waals surface area contributed by atoms with Crippen molar-refractivity contribution in [3.05, 3.63) is 0 Å². The molecular formula is C28H53N2O3+. The number of carbonyl (C=O) groups excluding carboxylic acids is 2. The minimum Gasteiger partial charge on any atom is -0.454 e. The van der Waals surface area contributed by atoms with Crippen LogP contribution in [0.15, 0.2) is 0 Å². The molecule has 192 valence electrons. The highest BCUT2D eigenvalue weighted by molar-refractivity contribution is 5.78. The summed E-state index contributed by atoms with van der Waals surface area (Å²) in [5, 5.41) is 0. The minimum absolute atomic E-state index is 0.0638. The minimum atomic E-state index is -0.144. The quantitative estimate of drug-likeness (QED) is 0.214. The molecule has 1 unspecified atom stereocenters. The molecule has 0 aliphatic carbocycles. The number of ether oxygens (including phenoxy) is 1. The first-order valence-corrected chi connectivity index (χ1v) is 14.5. The van der Waals surface area contributed by atoms with Crippen molar-refractivity contribution < 1.29 is 19.2 Å². The van der Waals surface area contributed by atoms with Crippen LogP contribution in [0.4, 0.5) is 0 Å². The SMILES string of the molecule is CCCCCCCCCCCCCCCC(=O)OC(CN1CCCC1=O)C[NH+]1CCCCC1. The first-order chi connectivity index (χ1) is 16.2. The van der Waals surface area contributed by atoms with Gasteiger partial charge in [0.25, 0.3) is 0 Å². The largest absolute Gasteiger partial charge is 0.454 e. The van der Waals surface area contributed by atoms with Crippen LogP contribution in [0.1, 0.15) is 129 Å². The third kappa shape index (κ3) is 13.4. The Bertz CT molecular complexity index is 519. The van der Waals surface area contributed by atoms with Crippen molar-refractivity contribution in [2.45, 2.75) is 135 Å². The lowest BCUT2D eigenvalue weighted by Crippen LogP contribution is -3.14. The summed E-state index contributed by atoms with van der Waals surface area (Å²) in [4.78, 5) is 28.0. The normalized spacial score (nSPS) is 18.1. The number of likely N-dealkylation sites (tertiary alicyclic amines) is 2. The van der Waals surface area contributed by atoms with E-state index in [9.17, 15) is 9.59 Å². The summed E-state index contributed by atoms with van der Waals surface area (Å²) < 4.78 is 5.92. The lowest BCUT2D eigenvalue weighted by Gasteiger charge is -2.29. The molecule has 2 saturated heterocycles. The van der Waals surface area contributed by atoms with Crippen molar-refractivity contribution in [3.8, 4) is 0 Å². The molecule has 0 aromatic carbocycles. The topological polar surface area (TPSA) is 51.0 Å². The fourth-order valence-electron chi connectivity index (χ4n) is 5.40. The van der Waals surface area contributed by atoms with Gasteiger partial charge in [0.15, 0.2) is 6.10 Å². The van der Waals surface area contributed by atoms with Crippen LogP contribution in [0, 0.1) is 0 Å². The van der Waals surface area contributed by atoms with Crippen LogP contribution in [-0.4, -0.2) is 55.6 Å². The summed E-state index contributed by atoms with van der Waals surface area (Å²) in [6.07, 6.45) is 22.8. The third-order valence-corrected chi connectivity index (χ3v) is 7.45. The van der Waals surface area contributed by atoms with Crippen molar-refractivity contribution >= 4 is 11.9 Å². The Hall–Kier alpha value is -1.10. The molecule has 0 saturated carbocycles. The summed E-state index contributed by atoms with van der Waals surface area (Å²) in [6.45, 7) is 6.87. The zero-order valence-electron chi connectivity index (χ0n) is 21.7. The van der Waals surface area contributed by atoms with E-state index >= 15 is 0 Å². The van der Waals surface area contributed by atoms with E-state index in [1.807, 2.05) is 4.90 Å². The van der Waals surface area contributed by atoms with Gasteiger partial charge in [-0.3, -0.25) is 9.59 Å². The van der Waals surface area contributed by atoms with E-state index in [1.54, 1.807) is 0 Å². The number of rotatable bonds is 19. The molecule has 0 bridgehead atoms. The number of hydrogen-bond donors (Lipinski definition) is 1. The second-order valence-electron chi connectivity index (χ2n) is 10.6. The van der Waals surface area contributed by atoms with Gasteiger partial charge in [0.05, 0.1) is 19.6 Å². The van der Waals surface area contributed by atoms with Gasteiger partial charge in [-0.05, 0) is 32.1 Å². The molecule has 2 fully saturated rings. The number of hydrogen-bond acceptors (Lipinski definition) is 3. The standard InChI is InChI=1S/C28H52N2O3/c1-2-3-4-5-6-7-8-9-10-11-12-13-15-20-28(32)33-26(24-29-21-16-14-17-22-29)25-30-23-18-19-27(30)31/h26H,2-25H2,1H3/p+1. The maximum Gasteiger partial charge on any atom is 0.306 e. The monoisotopic (exact) mass is 465 g/mol. The first-order valence-electron chi connectivity index (χ1n) is 14.5. The van der Waals surface area contributed by atoms with E-state index in [1.165, 1.54) is 108 Å². The number of carbonyl (C=O) groups is 2. The van der Waals surface area contributed by atoms with E-state index in [-0.39, 0.29) is 18.0 Å². The average Bonchev–Trinajstić information content (AvgIpc) is 3.21. The molecular weight excluding hydrogens is 412 g/mol. The van der Waals surface area contributed by atoms with Crippen LogP contribution in [0.2, 0.25) is 0 Å². The molecule has 2 aliphatic rings. The fourth-order valence-corrected chi connectivity index (χ4v) is 5.40. The Labute approximate surface area is 204 Å². The molecule has 5 nitrogen and oxygen atoms in total. The highest BCUT2D eigenvalue weighted by Gasteiger charge is 2.29. The summed E-state index contributed by atoms with van der Waals surface area (Å²) in [5.41, 5.74) is 0. The number of amides is 1. The van der Waals surface area contributed by atoms with Crippen molar-refractivity contribution in [3.63, 3.8) is 0 Å². The summed E-state index contributed by atoms with van der Waals surface area (Å²) in [6, 6.07) is 0. The molecule has 1 amide bonds. The van der Waals surface area contributed by atoms with Crippen molar-refractivity contribution in [1.82, 2.24) is 4.90 Å². The molecule has 2 aliphatic heterocycles. The van der Waals surface area contributed by atoms with Gasteiger partial charge in [0.2, 0.25) is 5.91 Å². The Morgan fingerprint density at radius 2 is 1.42 bits per heavy atom. The molecule has 33 heavy (non-hydrogen) atoms. The van der Waals surface area contributed by atoms with Gasteiger partial charge in [-0.1, -0.05) is 84.0 Å². The van der Waals surface area contributed by atoms with Crippen LogP contribution in [0.5, 0.6) is 0 Å².